The molecule has 0 aliphatic heterocycles. The topological polar surface area (TPSA) is 81.1 Å². The van der Waals surface area contributed by atoms with Gasteiger partial charge in [0.15, 0.2) is 0 Å². The van der Waals surface area contributed by atoms with Crippen molar-refractivity contribution in [1.82, 2.24) is 9.78 Å². The fraction of sp³-hybridized carbons (Fsp3) is 0.0588. The Balaban J connectivity index is 2.05. The maximum absolute atomic E-state index is 12.0. The lowest BCUT2D eigenvalue weighted by Gasteiger charge is -2.12. The van der Waals surface area contributed by atoms with Crippen molar-refractivity contribution in [3.8, 4) is 5.69 Å². The molecule has 1 atom stereocenters. The number of aliphatic hydroxyl groups excluding tert-OH is 1. The van der Waals surface area contributed by atoms with E-state index < -0.39 is 6.10 Å². The van der Waals surface area contributed by atoms with Gasteiger partial charge in [-0.2, -0.15) is 5.10 Å². The van der Waals surface area contributed by atoms with Gasteiger partial charge in [0.2, 0.25) is 5.43 Å². The Morgan fingerprint density at radius 1 is 1.05 bits per heavy atom. The SMILES string of the molecule is Nc1cccc([C@@H](O)c2nn(-c3ccccc3)ccc2=O)c1. The monoisotopic (exact) mass is 293 g/mol. The average molecular weight is 293 g/mol. The maximum Gasteiger partial charge on any atom is 0.206 e. The molecule has 3 rings (SSSR count). The Morgan fingerprint density at radius 2 is 1.82 bits per heavy atom. The molecule has 0 unspecified atom stereocenters. The number of nitrogen functional groups attached to an aromatic ring is 1. The molecular weight excluding hydrogens is 278 g/mol. The summed E-state index contributed by atoms with van der Waals surface area (Å²) < 4.78 is 1.56. The summed E-state index contributed by atoms with van der Waals surface area (Å²) in [6.07, 6.45) is 0.458. The quantitative estimate of drug-likeness (QED) is 0.723. The van der Waals surface area contributed by atoms with Gasteiger partial charge in [0.1, 0.15) is 11.8 Å². The maximum atomic E-state index is 12.0. The van der Waals surface area contributed by atoms with Gasteiger partial charge >= 0.3 is 0 Å². The molecule has 110 valence electrons. The molecule has 22 heavy (non-hydrogen) atoms. The first kappa shape index (κ1) is 14.0. The first-order chi connectivity index (χ1) is 10.6. The number of nitrogens with two attached hydrogens (primary N) is 1. The number of hydrogen-bond acceptors (Lipinski definition) is 4. The number of aromatic nitrogens is 2. The van der Waals surface area contributed by atoms with Crippen LogP contribution in [0.3, 0.4) is 0 Å². The third-order valence-electron chi connectivity index (χ3n) is 3.34. The van der Waals surface area contributed by atoms with E-state index in [-0.39, 0.29) is 11.1 Å². The van der Waals surface area contributed by atoms with Gasteiger partial charge in [-0.05, 0) is 29.8 Å². The predicted molar refractivity (Wildman–Crippen MR) is 84.8 cm³/mol. The van der Waals surface area contributed by atoms with Crippen LogP contribution < -0.4 is 11.2 Å². The van der Waals surface area contributed by atoms with Crippen LogP contribution in [0.15, 0.2) is 71.7 Å². The molecule has 3 aromatic rings. The average Bonchev–Trinajstić information content (AvgIpc) is 2.55. The minimum atomic E-state index is -1.12. The summed E-state index contributed by atoms with van der Waals surface area (Å²) in [6.45, 7) is 0. The third-order valence-corrected chi connectivity index (χ3v) is 3.34. The van der Waals surface area contributed by atoms with Crippen molar-refractivity contribution in [2.75, 3.05) is 5.73 Å². The Morgan fingerprint density at radius 3 is 2.55 bits per heavy atom. The van der Waals surface area contributed by atoms with Crippen molar-refractivity contribution < 1.29 is 5.11 Å². The highest BCUT2D eigenvalue weighted by Gasteiger charge is 2.16. The van der Waals surface area contributed by atoms with Crippen LogP contribution in [0, 0.1) is 0 Å². The summed E-state index contributed by atoms with van der Waals surface area (Å²) in [5.41, 5.74) is 7.34. The van der Waals surface area contributed by atoms with Crippen LogP contribution in [0.25, 0.3) is 5.69 Å². The number of nitrogens with zero attached hydrogens (tertiary/aromatic N) is 2. The van der Waals surface area contributed by atoms with Crippen LogP contribution in [0.2, 0.25) is 0 Å². The van der Waals surface area contributed by atoms with Crippen molar-refractivity contribution in [3.05, 3.63) is 88.3 Å². The van der Waals surface area contributed by atoms with Gasteiger partial charge in [0, 0.05) is 18.0 Å². The zero-order valence-corrected chi connectivity index (χ0v) is 11.8. The highest BCUT2D eigenvalue weighted by atomic mass is 16.3. The van der Waals surface area contributed by atoms with E-state index in [0.717, 1.165) is 5.69 Å². The predicted octanol–water partition coefficient (Wildman–Crippen LogP) is 1.90. The second-order valence-corrected chi connectivity index (χ2v) is 4.92. The summed E-state index contributed by atoms with van der Waals surface area (Å²) in [4.78, 5) is 12.0. The van der Waals surface area contributed by atoms with Crippen LogP contribution in [-0.4, -0.2) is 14.9 Å². The van der Waals surface area contributed by atoms with E-state index >= 15 is 0 Å². The molecule has 0 saturated carbocycles. The van der Waals surface area contributed by atoms with Crippen molar-refractivity contribution >= 4 is 5.69 Å². The Bertz CT molecular complexity index is 844. The number of aliphatic hydroxyl groups is 1. The molecule has 3 N–H and O–H groups in total. The van der Waals surface area contributed by atoms with Gasteiger partial charge in [0.05, 0.1) is 5.69 Å². The van der Waals surface area contributed by atoms with Crippen LogP contribution in [0.5, 0.6) is 0 Å². The van der Waals surface area contributed by atoms with E-state index in [1.165, 1.54) is 6.07 Å². The summed E-state index contributed by atoms with van der Waals surface area (Å²) in [6, 6.07) is 17.6. The Labute approximate surface area is 127 Å². The molecule has 1 aromatic heterocycles. The van der Waals surface area contributed by atoms with E-state index in [9.17, 15) is 9.90 Å². The van der Waals surface area contributed by atoms with Crippen molar-refractivity contribution in [2.45, 2.75) is 6.10 Å². The number of hydrogen-bond donors (Lipinski definition) is 2. The van der Waals surface area contributed by atoms with E-state index in [0.29, 0.717) is 11.3 Å². The fourth-order valence-electron chi connectivity index (χ4n) is 2.22. The zero-order chi connectivity index (χ0) is 15.5. The molecule has 0 amide bonds. The minimum absolute atomic E-state index is 0.0666. The number of para-hydroxylation sites is 1. The van der Waals surface area contributed by atoms with Gasteiger partial charge in [-0.3, -0.25) is 4.79 Å². The smallest absolute Gasteiger partial charge is 0.206 e. The lowest BCUT2D eigenvalue weighted by molar-refractivity contribution is 0.212. The fourth-order valence-corrected chi connectivity index (χ4v) is 2.22. The molecule has 5 heteroatoms. The minimum Gasteiger partial charge on any atom is -0.399 e. The summed E-state index contributed by atoms with van der Waals surface area (Å²) in [5, 5.41) is 14.7. The van der Waals surface area contributed by atoms with E-state index in [2.05, 4.69) is 5.10 Å². The van der Waals surface area contributed by atoms with Gasteiger partial charge in [-0.25, -0.2) is 4.68 Å². The summed E-state index contributed by atoms with van der Waals surface area (Å²) in [5.74, 6) is 0. The lowest BCUT2D eigenvalue weighted by Crippen LogP contribution is -2.20. The second kappa shape index (κ2) is 5.83. The van der Waals surface area contributed by atoms with Crippen molar-refractivity contribution in [3.63, 3.8) is 0 Å². The van der Waals surface area contributed by atoms with Crippen LogP contribution >= 0.6 is 0 Å². The Kier molecular flexibility index (Phi) is 3.72. The van der Waals surface area contributed by atoms with Crippen molar-refractivity contribution in [2.24, 2.45) is 0 Å². The highest BCUT2D eigenvalue weighted by Crippen LogP contribution is 2.20. The normalized spacial score (nSPS) is 12.0. The number of anilines is 1. The first-order valence-corrected chi connectivity index (χ1v) is 6.84. The molecule has 0 bridgehead atoms. The molecule has 5 nitrogen and oxygen atoms in total. The standard InChI is InChI=1S/C17H15N3O2/c18-13-6-4-5-12(11-13)17(22)16-15(21)9-10-20(19-16)14-7-2-1-3-8-14/h1-11,17,22H,18H2/t17-/m1/s1. The third kappa shape index (κ3) is 2.75. The largest absolute Gasteiger partial charge is 0.399 e. The molecule has 0 aliphatic carbocycles. The Hall–Kier alpha value is -2.92. The van der Waals surface area contributed by atoms with Crippen LogP contribution in [0.1, 0.15) is 17.4 Å². The molecular formula is C17H15N3O2. The van der Waals surface area contributed by atoms with Crippen LogP contribution in [0.4, 0.5) is 5.69 Å². The first-order valence-electron chi connectivity index (χ1n) is 6.84. The molecule has 0 fully saturated rings. The van der Waals surface area contributed by atoms with Gasteiger partial charge < -0.3 is 10.8 Å². The molecule has 0 spiro atoms. The second-order valence-electron chi connectivity index (χ2n) is 4.92. The van der Waals surface area contributed by atoms with Gasteiger partial charge in [-0.1, -0.05) is 30.3 Å². The lowest BCUT2D eigenvalue weighted by atomic mass is 10.1. The zero-order valence-electron chi connectivity index (χ0n) is 11.8. The van der Waals surface area contributed by atoms with Crippen molar-refractivity contribution in [1.29, 1.82) is 0 Å². The van der Waals surface area contributed by atoms with E-state index in [1.807, 2.05) is 30.3 Å². The summed E-state index contributed by atoms with van der Waals surface area (Å²) >= 11 is 0. The number of rotatable bonds is 3. The van der Waals surface area contributed by atoms with Gasteiger partial charge in [0.25, 0.3) is 0 Å². The molecule has 0 radical (unpaired) electrons. The van der Waals surface area contributed by atoms with E-state index in [4.69, 9.17) is 5.73 Å². The van der Waals surface area contributed by atoms with Crippen LogP contribution in [-0.2, 0) is 0 Å². The van der Waals surface area contributed by atoms with Gasteiger partial charge in [-0.15, -0.1) is 0 Å². The molecule has 0 aliphatic rings. The highest BCUT2D eigenvalue weighted by molar-refractivity contribution is 5.43. The summed E-state index contributed by atoms with van der Waals surface area (Å²) in [7, 11) is 0. The molecule has 0 saturated heterocycles. The molecule has 1 heterocycles. The number of benzene rings is 2. The molecule has 2 aromatic carbocycles. The van der Waals surface area contributed by atoms with E-state index in [1.54, 1.807) is 35.1 Å².